The van der Waals surface area contributed by atoms with Crippen LogP contribution in [0.15, 0.2) is 47.3 Å². The van der Waals surface area contributed by atoms with Crippen molar-refractivity contribution in [1.82, 2.24) is 14.3 Å². The molecule has 1 aliphatic carbocycles. The third-order valence-corrected chi connectivity index (χ3v) is 6.12. The molecule has 1 heterocycles. The van der Waals surface area contributed by atoms with Crippen LogP contribution in [0.4, 0.5) is 17.6 Å². The van der Waals surface area contributed by atoms with Crippen molar-refractivity contribution >= 4 is 5.78 Å². The second-order valence-electron chi connectivity index (χ2n) is 9.39. The highest BCUT2D eigenvalue weighted by Crippen LogP contribution is 2.39. The molecule has 186 valence electrons. The molecule has 1 saturated carbocycles. The molecule has 0 bridgehead atoms. The van der Waals surface area contributed by atoms with Gasteiger partial charge in [0.15, 0.2) is 11.6 Å². The predicted molar refractivity (Wildman–Crippen MR) is 121 cm³/mol. The fourth-order valence-corrected chi connectivity index (χ4v) is 4.15. The van der Waals surface area contributed by atoms with Gasteiger partial charge < -0.3 is 4.74 Å². The first-order valence-corrected chi connectivity index (χ1v) is 11.1. The fourth-order valence-electron chi connectivity index (χ4n) is 4.15. The summed E-state index contributed by atoms with van der Waals surface area (Å²) in [6.45, 7) is 3.03. The standard InChI is InChI=1S/C25H25F4N3O3/c1-24(2,15-5-4-6-16(11-15)25(27,28)29)13-19(33)14-31-23(34)32(18-8-9-18)22(30-31)20-10-7-17(26)12-21(20)35-3/h4-7,10-12,18H,8-9,13-14H2,1-3H3. The van der Waals surface area contributed by atoms with Gasteiger partial charge in [0.1, 0.15) is 18.1 Å². The van der Waals surface area contributed by atoms with Crippen LogP contribution in [0, 0.1) is 5.82 Å². The molecule has 0 spiro atoms. The largest absolute Gasteiger partial charge is 0.496 e. The molecule has 1 fully saturated rings. The number of aromatic nitrogens is 3. The second kappa shape index (κ2) is 8.98. The summed E-state index contributed by atoms with van der Waals surface area (Å²) in [5.74, 6) is -0.370. The zero-order valence-corrected chi connectivity index (χ0v) is 19.5. The van der Waals surface area contributed by atoms with Crippen molar-refractivity contribution in [1.29, 1.82) is 0 Å². The van der Waals surface area contributed by atoms with Gasteiger partial charge in [-0.1, -0.05) is 32.0 Å². The van der Waals surface area contributed by atoms with E-state index in [0.29, 0.717) is 11.1 Å². The first kappa shape index (κ1) is 24.7. The van der Waals surface area contributed by atoms with E-state index in [4.69, 9.17) is 4.74 Å². The number of halogens is 4. The van der Waals surface area contributed by atoms with E-state index in [1.165, 1.54) is 35.9 Å². The van der Waals surface area contributed by atoms with Gasteiger partial charge in [0.05, 0.1) is 18.2 Å². The summed E-state index contributed by atoms with van der Waals surface area (Å²) < 4.78 is 60.9. The molecule has 0 aliphatic heterocycles. The third-order valence-electron chi connectivity index (χ3n) is 6.12. The number of benzene rings is 2. The van der Waals surface area contributed by atoms with E-state index < -0.39 is 28.7 Å². The van der Waals surface area contributed by atoms with Gasteiger partial charge >= 0.3 is 11.9 Å². The van der Waals surface area contributed by atoms with Gasteiger partial charge in [-0.05, 0) is 42.0 Å². The summed E-state index contributed by atoms with van der Waals surface area (Å²) in [6.07, 6.45) is -3.03. The lowest BCUT2D eigenvalue weighted by atomic mass is 9.79. The highest BCUT2D eigenvalue weighted by molar-refractivity contribution is 5.79. The molecule has 0 saturated heterocycles. The van der Waals surface area contributed by atoms with Crippen LogP contribution in [-0.2, 0) is 22.9 Å². The second-order valence-corrected chi connectivity index (χ2v) is 9.39. The van der Waals surface area contributed by atoms with Crippen molar-refractivity contribution in [2.45, 2.75) is 57.3 Å². The topological polar surface area (TPSA) is 66.1 Å². The van der Waals surface area contributed by atoms with Crippen LogP contribution < -0.4 is 10.4 Å². The van der Waals surface area contributed by atoms with Gasteiger partial charge in [0.2, 0.25) is 0 Å². The molecule has 35 heavy (non-hydrogen) atoms. The zero-order chi connectivity index (χ0) is 25.5. The van der Waals surface area contributed by atoms with Crippen molar-refractivity contribution < 1.29 is 27.1 Å². The highest BCUT2D eigenvalue weighted by Gasteiger charge is 2.34. The molecule has 0 amide bonds. The quantitative estimate of drug-likeness (QED) is 0.409. The van der Waals surface area contributed by atoms with Crippen LogP contribution in [0.2, 0.25) is 0 Å². The number of hydrogen-bond acceptors (Lipinski definition) is 4. The van der Waals surface area contributed by atoms with Crippen molar-refractivity contribution in [3.63, 3.8) is 0 Å². The Hall–Kier alpha value is -3.43. The normalized spacial score (nSPS) is 14.3. The number of Topliss-reactive ketones (excluding diaryl/α,β-unsaturated/α-hetero) is 1. The number of ether oxygens (including phenoxy) is 1. The minimum Gasteiger partial charge on any atom is -0.496 e. The summed E-state index contributed by atoms with van der Waals surface area (Å²) in [7, 11) is 1.38. The smallest absolute Gasteiger partial charge is 0.416 e. The Kier molecular flexibility index (Phi) is 6.33. The molecule has 0 radical (unpaired) electrons. The molecule has 10 heteroatoms. The molecule has 2 aromatic carbocycles. The Bertz CT molecular complexity index is 1320. The molecule has 6 nitrogen and oxygen atoms in total. The van der Waals surface area contributed by atoms with Crippen LogP contribution in [0.5, 0.6) is 5.75 Å². The Balaban J connectivity index is 1.61. The van der Waals surface area contributed by atoms with Crippen molar-refractivity contribution in [3.05, 3.63) is 69.9 Å². The lowest BCUT2D eigenvalue weighted by Gasteiger charge is -2.25. The van der Waals surface area contributed by atoms with Crippen molar-refractivity contribution in [2.75, 3.05) is 7.11 Å². The van der Waals surface area contributed by atoms with E-state index in [9.17, 15) is 27.2 Å². The number of rotatable bonds is 8. The lowest BCUT2D eigenvalue weighted by molar-refractivity contribution is -0.137. The Labute approximate surface area is 199 Å². The average Bonchev–Trinajstić information content (AvgIpc) is 3.57. The lowest BCUT2D eigenvalue weighted by Crippen LogP contribution is -2.30. The maximum atomic E-state index is 13.7. The van der Waals surface area contributed by atoms with Crippen LogP contribution in [0.25, 0.3) is 11.4 Å². The fraction of sp³-hybridized carbons (Fsp3) is 0.400. The van der Waals surface area contributed by atoms with Crippen molar-refractivity contribution in [3.8, 4) is 17.1 Å². The molecular formula is C25H25F4N3O3. The molecule has 1 aliphatic rings. The van der Waals surface area contributed by atoms with E-state index in [-0.39, 0.29) is 36.4 Å². The molecule has 3 aromatic rings. The maximum Gasteiger partial charge on any atom is 0.416 e. The summed E-state index contributed by atoms with van der Waals surface area (Å²) in [4.78, 5) is 26.0. The molecule has 0 N–H and O–H groups in total. The maximum absolute atomic E-state index is 13.7. The average molecular weight is 491 g/mol. The predicted octanol–water partition coefficient (Wildman–Crippen LogP) is 5.15. The van der Waals surface area contributed by atoms with Gasteiger partial charge in [-0.15, -0.1) is 5.10 Å². The summed E-state index contributed by atoms with van der Waals surface area (Å²) in [5, 5.41) is 4.36. The number of hydrogen-bond donors (Lipinski definition) is 0. The van der Waals surface area contributed by atoms with Gasteiger partial charge in [0, 0.05) is 18.5 Å². The molecular weight excluding hydrogens is 466 g/mol. The van der Waals surface area contributed by atoms with Gasteiger partial charge in [-0.3, -0.25) is 9.36 Å². The van der Waals surface area contributed by atoms with E-state index in [2.05, 4.69) is 5.10 Å². The molecule has 0 unspecified atom stereocenters. The van der Waals surface area contributed by atoms with Gasteiger partial charge in [-0.2, -0.15) is 13.2 Å². The van der Waals surface area contributed by atoms with E-state index in [1.54, 1.807) is 19.9 Å². The first-order valence-electron chi connectivity index (χ1n) is 11.1. The van der Waals surface area contributed by atoms with Crippen molar-refractivity contribution in [2.24, 2.45) is 0 Å². The Morgan fingerprint density at radius 1 is 1.11 bits per heavy atom. The number of methoxy groups -OCH3 is 1. The monoisotopic (exact) mass is 491 g/mol. The Morgan fingerprint density at radius 3 is 2.43 bits per heavy atom. The number of ketones is 1. The highest BCUT2D eigenvalue weighted by atomic mass is 19.4. The minimum absolute atomic E-state index is 0.0716. The number of nitrogens with zero attached hydrogens (tertiary/aromatic N) is 3. The molecule has 1 aromatic heterocycles. The molecule has 0 atom stereocenters. The summed E-state index contributed by atoms with van der Waals surface area (Å²) in [5.41, 5.74) is -1.36. The summed E-state index contributed by atoms with van der Waals surface area (Å²) in [6, 6.07) is 8.72. The van der Waals surface area contributed by atoms with Crippen LogP contribution >= 0.6 is 0 Å². The number of carbonyl (C=O) groups is 1. The SMILES string of the molecule is COc1cc(F)ccc1-c1nn(CC(=O)CC(C)(C)c2cccc(C(F)(F)F)c2)c(=O)n1C1CC1. The van der Waals surface area contributed by atoms with Crippen LogP contribution in [-0.4, -0.2) is 27.2 Å². The first-order chi connectivity index (χ1) is 16.4. The summed E-state index contributed by atoms with van der Waals surface area (Å²) >= 11 is 0. The minimum atomic E-state index is -4.49. The van der Waals surface area contributed by atoms with E-state index >= 15 is 0 Å². The zero-order valence-electron chi connectivity index (χ0n) is 19.5. The van der Waals surface area contributed by atoms with Gasteiger partial charge in [0.25, 0.3) is 0 Å². The van der Waals surface area contributed by atoms with Crippen LogP contribution in [0.1, 0.15) is 50.3 Å². The Morgan fingerprint density at radius 2 is 1.80 bits per heavy atom. The van der Waals surface area contributed by atoms with E-state index in [0.717, 1.165) is 29.7 Å². The number of carbonyl (C=O) groups excluding carboxylic acids is 1. The van der Waals surface area contributed by atoms with Crippen LogP contribution in [0.3, 0.4) is 0 Å². The van der Waals surface area contributed by atoms with Gasteiger partial charge in [-0.25, -0.2) is 13.9 Å². The molecule has 4 rings (SSSR count). The number of alkyl halides is 3. The van der Waals surface area contributed by atoms with E-state index in [1.807, 2.05) is 0 Å². The third kappa shape index (κ3) is 5.16.